The summed E-state index contributed by atoms with van der Waals surface area (Å²) in [4.78, 5) is 11.1. The van der Waals surface area contributed by atoms with E-state index in [1.165, 1.54) is 0 Å². The number of fused-ring (bicyclic) bond motifs is 2. The molecule has 2 atom stereocenters. The second-order valence-corrected chi connectivity index (χ2v) is 5.52. The molecule has 1 aromatic heterocycles. The van der Waals surface area contributed by atoms with Crippen LogP contribution < -0.4 is 10.6 Å². The average molecular weight is 248 g/mol. The van der Waals surface area contributed by atoms with E-state index in [4.69, 9.17) is 5.73 Å². The molecule has 18 heavy (non-hydrogen) atoms. The van der Waals surface area contributed by atoms with Gasteiger partial charge in [0.2, 0.25) is 0 Å². The Labute approximate surface area is 107 Å². The lowest BCUT2D eigenvalue weighted by molar-refractivity contribution is 0.126. The molecule has 0 aliphatic carbocycles. The Balaban J connectivity index is 2.01. The van der Waals surface area contributed by atoms with Gasteiger partial charge >= 0.3 is 0 Å². The number of piperidine rings is 1. The van der Waals surface area contributed by atoms with Crippen molar-refractivity contribution in [2.75, 3.05) is 10.6 Å². The van der Waals surface area contributed by atoms with E-state index in [2.05, 4.69) is 14.9 Å². The van der Waals surface area contributed by atoms with Crippen LogP contribution >= 0.6 is 0 Å². The van der Waals surface area contributed by atoms with E-state index in [-0.39, 0.29) is 6.10 Å². The van der Waals surface area contributed by atoms with E-state index >= 15 is 0 Å². The number of hydrogen-bond donors (Lipinski definition) is 2. The normalized spacial score (nSPS) is 30.8. The van der Waals surface area contributed by atoms with Gasteiger partial charge in [0, 0.05) is 17.6 Å². The lowest BCUT2D eigenvalue weighted by Gasteiger charge is -2.39. The summed E-state index contributed by atoms with van der Waals surface area (Å²) in [6.07, 6.45) is 3.82. The fourth-order valence-electron chi connectivity index (χ4n) is 3.38. The van der Waals surface area contributed by atoms with Gasteiger partial charge in [-0.2, -0.15) is 0 Å². The summed E-state index contributed by atoms with van der Waals surface area (Å²) in [7, 11) is 0. The zero-order valence-electron chi connectivity index (χ0n) is 10.9. The maximum atomic E-state index is 9.85. The van der Waals surface area contributed by atoms with Crippen LogP contribution in [0, 0.1) is 13.8 Å². The van der Waals surface area contributed by atoms with Gasteiger partial charge in [0.1, 0.15) is 17.5 Å². The maximum absolute atomic E-state index is 9.85. The smallest absolute Gasteiger partial charge is 0.137 e. The molecule has 2 saturated heterocycles. The van der Waals surface area contributed by atoms with Crippen molar-refractivity contribution in [1.29, 1.82) is 0 Å². The van der Waals surface area contributed by atoms with Crippen LogP contribution in [0.25, 0.3) is 0 Å². The van der Waals surface area contributed by atoms with Crippen molar-refractivity contribution in [2.24, 2.45) is 0 Å². The molecule has 2 unspecified atom stereocenters. The topological polar surface area (TPSA) is 75.3 Å². The molecule has 1 aromatic rings. The number of aliphatic hydroxyl groups excluding tert-OH is 1. The van der Waals surface area contributed by atoms with Gasteiger partial charge in [0.25, 0.3) is 0 Å². The second-order valence-electron chi connectivity index (χ2n) is 5.52. The van der Waals surface area contributed by atoms with Crippen molar-refractivity contribution < 1.29 is 5.11 Å². The van der Waals surface area contributed by atoms with Crippen LogP contribution in [0.2, 0.25) is 0 Å². The molecule has 2 aliphatic rings. The van der Waals surface area contributed by atoms with Crippen LogP contribution in [0.4, 0.5) is 11.6 Å². The van der Waals surface area contributed by atoms with Crippen molar-refractivity contribution in [3.05, 3.63) is 11.4 Å². The monoisotopic (exact) mass is 248 g/mol. The third-order valence-electron chi connectivity index (χ3n) is 4.22. The minimum absolute atomic E-state index is 0.153. The van der Waals surface area contributed by atoms with Gasteiger partial charge in [-0.1, -0.05) is 0 Å². The zero-order valence-corrected chi connectivity index (χ0v) is 10.9. The maximum Gasteiger partial charge on any atom is 0.137 e. The van der Waals surface area contributed by atoms with Crippen molar-refractivity contribution in [1.82, 2.24) is 9.97 Å². The van der Waals surface area contributed by atoms with Crippen LogP contribution in [0.15, 0.2) is 0 Å². The Morgan fingerprint density at radius 2 is 1.78 bits per heavy atom. The fourth-order valence-corrected chi connectivity index (χ4v) is 3.38. The Morgan fingerprint density at radius 1 is 1.17 bits per heavy atom. The van der Waals surface area contributed by atoms with Crippen molar-refractivity contribution in [2.45, 2.75) is 57.7 Å². The van der Waals surface area contributed by atoms with Gasteiger partial charge in [-0.3, -0.25) is 0 Å². The molecule has 0 saturated carbocycles. The highest BCUT2D eigenvalue weighted by Crippen LogP contribution is 2.40. The third-order valence-corrected chi connectivity index (χ3v) is 4.22. The van der Waals surface area contributed by atoms with Gasteiger partial charge in [-0.05, 0) is 39.5 Å². The molecule has 0 radical (unpaired) electrons. The molecule has 0 spiro atoms. The molecule has 2 aliphatic heterocycles. The fraction of sp³-hybridized carbons (Fsp3) is 0.692. The predicted octanol–water partition coefficient (Wildman–Crippen LogP) is 1.17. The first-order valence-corrected chi connectivity index (χ1v) is 6.63. The number of aryl methyl sites for hydroxylation is 1. The number of nitrogens with two attached hydrogens (primary N) is 1. The quantitative estimate of drug-likeness (QED) is 0.780. The van der Waals surface area contributed by atoms with Crippen molar-refractivity contribution in [3.8, 4) is 0 Å². The first-order chi connectivity index (χ1) is 8.56. The first kappa shape index (κ1) is 11.7. The summed E-state index contributed by atoms with van der Waals surface area (Å²) in [5.74, 6) is 2.26. The Kier molecular flexibility index (Phi) is 2.66. The standard InChI is InChI=1S/C13H20N4O/c1-7-12(14)15-8(2)16-13(7)17-9-3-4-10(17)6-11(18)5-9/h9-11,18H,3-6H2,1-2H3,(H2,14,15,16). The third kappa shape index (κ3) is 1.73. The second kappa shape index (κ2) is 4.09. The molecular formula is C13H20N4O. The lowest BCUT2D eigenvalue weighted by Crippen LogP contribution is -2.45. The highest BCUT2D eigenvalue weighted by atomic mass is 16.3. The molecule has 5 nitrogen and oxygen atoms in total. The van der Waals surface area contributed by atoms with E-state index in [9.17, 15) is 5.11 Å². The number of aliphatic hydroxyl groups is 1. The summed E-state index contributed by atoms with van der Waals surface area (Å²) in [5.41, 5.74) is 6.91. The van der Waals surface area contributed by atoms with E-state index in [1.807, 2.05) is 13.8 Å². The van der Waals surface area contributed by atoms with E-state index in [0.29, 0.717) is 17.9 Å². The van der Waals surface area contributed by atoms with Crippen molar-refractivity contribution >= 4 is 11.6 Å². The van der Waals surface area contributed by atoms with Gasteiger partial charge in [-0.15, -0.1) is 0 Å². The van der Waals surface area contributed by atoms with Gasteiger partial charge in [-0.25, -0.2) is 9.97 Å². The molecule has 2 fully saturated rings. The van der Waals surface area contributed by atoms with Gasteiger partial charge in [0.15, 0.2) is 0 Å². The number of aromatic nitrogens is 2. The molecule has 3 rings (SSSR count). The minimum atomic E-state index is -0.153. The predicted molar refractivity (Wildman–Crippen MR) is 70.4 cm³/mol. The number of rotatable bonds is 1. The summed E-state index contributed by atoms with van der Waals surface area (Å²) in [5, 5.41) is 9.85. The number of hydrogen-bond acceptors (Lipinski definition) is 5. The van der Waals surface area contributed by atoms with Crippen LogP contribution in [-0.2, 0) is 0 Å². The summed E-state index contributed by atoms with van der Waals surface area (Å²) in [6, 6.07) is 0.817. The summed E-state index contributed by atoms with van der Waals surface area (Å²) < 4.78 is 0. The van der Waals surface area contributed by atoms with E-state index in [1.54, 1.807) is 0 Å². The van der Waals surface area contributed by atoms with Crippen molar-refractivity contribution in [3.63, 3.8) is 0 Å². The number of nitrogen functional groups attached to an aromatic ring is 1. The Morgan fingerprint density at radius 3 is 2.39 bits per heavy atom. The molecule has 5 heteroatoms. The van der Waals surface area contributed by atoms with E-state index in [0.717, 1.165) is 42.9 Å². The summed E-state index contributed by atoms with van der Waals surface area (Å²) >= 11 is 0. The molecule has 3 heterocycles. The largest absolute Gasteiger partial charge is 0.393 e. The molecule has 2 bridgehead atoms. The van der Waals surface area contributed by atoms with Crippen LogP contribution in [0.1, 0.15) is 37.1 Å². The van der Waals surface area contributed by atoms with Gasteiger partial charge in [0.05, 0.1) is 6.10 Å². The summed E-state index contributed by atoms with van der Waals surface area (Å²) in [6.45, 7) is 3.86. The highest BCUT2D eigenvalue weighted by molar-refractivity contribution is 5.58. The Hall–Kier alpha value is -1.36. The van der Waals surface area contributed by atoms with Gasteiger partial charge < -0.3 is 15.7 Å². The highest BCUT2D eigenvalue weighted by Gasteiger charge is 2.41. The Bertz CT molecular complexity index is 462. The van der Waals surface area contributed by atoms with Crippen LogP contribution in [0.3, 0.4) is 0 Å². The average Bonchev–Trinajstić information content (AvgIpc) is 2.56. The first-order valence-electron chi connectivity index (χ1n) is 6.63. The molecule has 3 N–H and O–H groups in total. The molecule has 98 valence electrons. The minimum Gasteiger partial charge on any atom is -0.393 e. The lowest BCUT2D eigenvalue weighted by atomic mass is 9.99. The molecule has 0 amide bonds. The molecule has 0 aromatic carbocycles. The van der Waals surface area contributed by atoms with E-state index < -0.39 is 0 Å². The SMILES string of the molecule is Cc1nc(N)c(C)c(N2C3CCC2CC(O)C3)n1. The van der Waals surface area contributed by atoms with Crippen LogP contribution in [0.5, 0.6) is 0 Å². The zero-order chi connectivity index (χ0) is 12.9. The molecular weight excluding hydrogens is 228 g/mol. The van der Waals surface area contributed by atoms with Crippen LogP contribution in [-0.4, -0.2) is 33.3 Å². The number of anilines is 2. The number of nitrogens with zero attached hydrogens (tertiary/aromatic N) is 3.